The van der Waals surface area contributed by atoms with Crippen LogP contribution in [0.5, 0.6) is 0 Å². The van der Waals surface area contributed by atoms with Crippen LogP contribution in [0.25, 0.3) is 0 Å². The number of nitrogens with two attached hydrogens (primary N) is 1. The van der Waals surface area contributed by atoms with Gasteiger partial charge in [-0.25, -0.2) is 13.2 Å². The van der Waals surface area contributed by atoms with Gasteiger partial charge < -0.3 is 15.8 Å². The lowest BCUT2D eigenvalue weighted by Crippen LogP contribution is -2.18. The predicted molar refractivity (Wildman–Crippen MR) is 75.0 cm³/mol. The fraction of sp³-hybridized carbons (Fsp3) is 0.417. The molecule has 1 aromatic carbocycles. The molecule has 0 aromatic heterocycles. The Morgan fingerprint density at radius 1 is 1.42 bits per heavy atom. The highest BCUT2D eigenvalue weighted by atomic mass is 32.2. The van der Waals surface area contributed by atoms with Gasteiger partial charge in [-0.1, -0.05) is 6.92 Å². The molecule has 0 radical (unpaired) electrons. The first-order valence-corrected chi connectivity index (χ1v) is 7.64. The van der Waals surface area contributed by atoms with Crippen molar-refractivity contribution in [3.05, 3.63) is 23.8 Å². The van der Waals surface area contributed by atoms with Gasteiger partial charge in [-0.3, -0.25) is 0 Å². The number of sulfone groups is 1. The summed E-state index contributed by atoms with van der Waals surface area (Å²) >= 11 is 0. The maximum atomic E-state index is 11.4. The Balaban J connectivity index is 2.75. The van der Waals surface area contributed by atoms with Crippen molar-refractivity contribution in [2.45, 2.75) is 6.92 Å². The summed E-state index contributed by atoms with van der Waals surface area (Å²) in [4.78, 5) is 11.4. The standard InChI is InChI=1S/C12H18N2O4S/c1-3-19(16,17)7-6-14-11-8-9(12(15)18-2)4-5-10(11)13/h4-5,8,14H,3,6-7,13H2,1-2H3. The van der Waals surface area contributed by atoms with E-state index in [1.807, 2.05) is 0 Å². The molecule has 19 heavy (non-hydrogen) atoms. The molecule has 0 unspecified atom stereocenters. The van der Waals surface area contributed by atoms with Gasteiger partial charge in [-0.15, -0.1) is 0 Å². The molecule has 0 aliphatic carbocycles. The molecule has 0 saturated carbocycles. The molecular weight excluding hydrogens is 268 g/mol. The van der Waals surface area contributed by atoms with E-state index in [0.717, 1.165) is 0 Å². The van der Waals surface area contributed by atoms with Crippen molar-refractivity contribution in [3.8, 4) is 0 Å². The molecule has 0 spiro atoms. The number of esters is 1. The van der Waals surface area contributed by atoms with Gasteiger partial charge in [-0.05, 0) is 18.2 Å². The molecule has 1 aromatic rings. The topological polar surface area (TPSA) is 98.5 Å². The van der Waals surface area contributed by atoms with Crippen LogP contribution in [0.1, 0.15) is 17.3 Å². The van der Waals surface area contributed by atoms with Crippen molar-refractivity contribution in [1.82, 2.24) is 0 Å². The van der Waals surface area contributed by atoms with Crippen molar-refractivity contribution in [3.63, 3.8) is 0 Å². The van der Waals surface area contributed by atoms with Crippen LogP contribution in [0.15, 0.2) is 18.2 Å². The Morgan fingerprint density at radius 2 is 2.11 bits per heavy atom. The Hall–Kier alpha value is -1.76. The van der Waals surface area contributed by atoms with Crippen molar-refractivity contribution < 1.29 is 17.9 Å². The van der Waals surface area contributed by atoms with Crippen LogP contribution < -0.4 is 11.1 Å². The summed E-state index contributed by atoms with van der Waals surface area (Å²) < 4.78 is 27.3. The second-order valence-electron chi connectivity index (χ2n) is 3.96. The van der Waals surface area contributed by atoms with Crippen molar-refractivity contribution in [2.24, 2.45) is 0 Å². The Labute approximate surface area is 112 Å². The van der Waals surface area contributed by atoms with E-state index in [9.17, 15) is 13.2 Å². The highest BCUT2D eigenvalue weighted by molar-refractivity contribution is 7.91. The summed E-state index contributed by atoms with van der Waals surface area (Å²) in [5.41, 5.74) is 7.08. The molecule has 3 N–H and O–H groups in total. The van der Waals surface area contributed by atoms with Gasteiger partial charge in [0.15, 0.2) is 9.84 Å². The van der Waals surface area contributed by atoms with Crippen LogP contribution in [0.3, 0.4) is 0 Å². The monoisotopic (exact) mass is 286 g/mol. The molecule has 0 aliphatic rings. The van der Waals surface area contributed by atoms with E-state index < -0.39 is 15.8 Å². The minimum atomic E-state index is -3.03. The van der Waals surface area contributed by atoms with Crippen LogP contribution >= 0.6 is 0 Å². The summed E-state index contributed by atoms with van der Waals surface area (Å²) in [7, 11) is -1.74. The Kier molecular flexibility index (Phi) is 5.17. The van der Waals surface area contributed by atoms with E-state index in [-0.39, 0.29) is 18.1 Å². The van der Waals surface area contributed by atoms with Gasteiger partial charge in [0.25, 0.3) is 0 Å². The summed E-state index contributed by atoms with van der Waals surface area (Å²) in [5, 5.41) is 2.91. The number of ether oxygens (including phenoxy) is 1. The molecule has 0 atom stereocenters. The van der Waals surface area contributed by atoms with Gasteiger partial charge >= 0.3 is 5.97 Å². The zero-order valence-electron chi connectivity index (χ0n) is 11.0. The molecule has 106 valence electrons. The summed E-state index contributed by atoms with van der Waals surface area (Å²) in [6.07, 6.45) is 0. The van der Waals surface area contributed by atoms with Crippen molar-refractivity contribution in [2.75, 3.05) is 36.2 Å². The minimum Gasteiger partial charge on any atom is -0.465 e. The lowest BCUT2D eigenvalue weighted by molar-refractivity contribution is 0.0601. The van der Waals surface area contributed by atoms with E-state index in [0.29, 0.717) is 16.9 Å². The van der Waals surface area contributed by atoms with Crippen molar-refractivity contribution in [1.29, 1.82) is 0 Å². The number of methoxy groups -OCH3 is 1. The van der Waals surface area contributed by atoms with E-state index >= 15 is 0 Å². The first kappa shape index (κ1) is 15.3. The fourth-order valence-corrected chi connectivity index (χ4v) is 2.14. The van der Waals surface area contributed by atoms with Crippen LogP contribution in [-0.2, 0) is 14.6 Å². The normalized spacial score (nSPS) is 11.1. The number of rotatable bonds is 6. The third kappa shape index (κ3) is 4.44. The van der Waals surface area contributed by atoms with Crippen LogP contribution in [0.4, 0.5) is 11.4 Å². The van der Waals surface area contributed by atoms with Gasteiger partial charge in [-0.2, -0.15) is 0 Å². The number of hydrogen-bond acceptors (Lipinski definition) is 6. The average molecular weight is 286 g/mol. The second kappa shape index (κ2) is 6.42. The number of nitrogens with one attached hydrogen (secondary N) is 1. The maximum Gasteiger partial charge on any atom is 0.337 e. The lowest BCUT2D eigenvalue weighted by Gasteiger charge is -2.10. The molecule has 0 amide bonds. The molecule has 0 heterocycles. The largest absolute Gasteiger partial charge is 0.465 e. The lowest BCUT2D eigenvalue weighted by atomic mass is 10.1. The van der Waals surface area contributed by atoms with E-state index in [2.05, 4.69) is 10.1 Å². The quantitative estimate of drug-likeness (QED) is 0.595. The molecule has 0 saturated heterocycles. The van der Waals surface area contributed by atoms with Gasteiger partial charge in [0.05, 0.1) is 29.8 Å². The van der Waals surface area contributed by atoms with E-state index in [1.165, 1.54) is 7.11 Å². The summed E-state index contributed by atoms with van der Waals surface area (Å²) in [6, 6.07) is 4.66. The number of benzene rings is 1. The fourth-order valence-electron chi connectivity index (χ4n) is 1.44. The highest BCUT2D eigenvalue weighted by Gasteiger charge is 2.10. The number of carbonyl (C=O) groups excluding carboxylic acids is 1. The van der Waals surface area contributed by atoms with Gasteiger partial charge in [0, 0.05) is 12.3 Å². The van der Waals surface area contributed by atoms with Crippen LogP contribution in [-0.4, -0.2) is 39.5 Å². The third-order valence-corrected chi connectivity index (χ3v) is 4.35. The molecule has 0 fully saturated rings. The van der Waals surface area contributed by atoms with Crippen LogP contribution in [0, 0.1) is 0 Å². The highest BCUT2D eigenvalue weighted by Crippen LogP contribution is 2.20. The first-order valence-electron chi connectivity index (χ1n) is 5.81. The smallest absolute Gasteiger partial charge is 0.337 e. The zero-order chi connectivity index (χ0) is 14.5. The minimum absolute atomic E-state index is 0.0192. The molecular formula is C12H18N2O4S. The number of nitrogen functional groups attached to an aromatic ring is 1. The van der Waals surface area contributed by atoms with Gasteiger partial charge in [0.1, 0.15) is 0 Å². The third-order valence-electron chi connectivity index (χ3n) is 2.64. The molecule has 0 bridgehead atoms. The Morgan fingerprint density at radius 3 is 2.68 bits per heavy atom. The number of anilines is 2. The predicted octanol–water partition coefficient (Wildman–Crippen LogP) is 0.902. The first-order chi connectivity index (χ1) is 8.89. The molecule has 7 heteroatoms. The zero-order valence-corrected chi connectivity index (χ0v) is 11.8. The average Bonchev–Trinajstić information content (AvgIpc) is 2.40. The van der Waals surface area contributed by atoms with Gasteiger partial charge in [0.2, 0.25) is 0 Å². The number of hydrogen-bond donors (Lipinski definition) is 2. The molecule has 6 nitrogen and oxygen atoms in total. The van der Waals surface area contributed by atoms with E-state index in [1.54, 1.807) is 25.1 Å². The Bertz CT molecular complexity index is 555. The molecule has 0 aliphatic heterocycles. The van der Waals surface area contributed by atoms with Crippen molar-refractivity contribution >= 4 is 27.2 Å². The second-order valence-corrected chi connectivity index (χ2v) is 6.43. The maximum absolute atomic E-state index is 11.4. The summed E-state index contributed by atoms with van der Waals surface area (Å²) in [6.45, 7) is 1.84. The van der Waals surface area contributed by atoms with E-state index in [4.69, 9.17) is 5.73 Å². The van der Waals surface area contributed by atoms with Crippen LogP contribution in [0.2, 0.25) is 0 Å². The SMILES string of the molecule is CCS(=O)(=O)CCNc1cc(C(=O)OC)ccc1N. The molecule has 1 rings (SSSR count). The summed E-state index contributed by atoms with van der Waals surface area (Å²) in [5.74, 6) is -0.346. The number of carbonyl (C=O) groups is 1.